The molecule has 0 aliphatic carbocycles. The number of rotatable bonds is 1. The summed E-state index contributed by atoms with van der Waals surface area (Å²) in [7, 11) is 0. The third-order valence-electron chi connectivity index (χ3n) is 1.22. The smallest absolute Gasteiger partial charge is 0.193 e. The highest BCUT2D eigenvalue weighted by atomic mass is 16.1. The summed E-state index contributed by atoms with van der Waals surface area (Å²) in [6.45, 7) is 0. The summed E-state index contributed by atoms with van der Waals surface area (Å²) in [5, 5.41) is 0. The summed E-state index contributed by atoms with van der Waals surface area (Å²) >= 11 is 0. The second kappa shape index (κ2) is 4.04. The number of carbonyl (C=O) groups excluding carboxylic acids is 2. The quantitative estimate of drug-likeness (QED) is 0.441. The topological polar surface area (TPSA) is 47.0 Å². The van der Waals surface area contributed by atoms with Crippen molar-refractivity contribution in [2.45, 2.75) is 0 Å². The zero-order valence-corrected chi connectivity index (χ0v) is 6.15. The van der Waals surface area contributed by atoms with E-state index in [4.69, 9.17) is 0 Å². The summed E-state index contributed by atoms with van der Waals surface area (Å²) in [6, 6.07) is 3.23. The Morgan fingerprint density at radius 2 is 2.25 bits per heavy atom. The van der Waals surface area contributed by atoms with E-state index in [1.54, 1.807) is 12.1 Å². The predicted octanol–water partition coefficient (Wildman–Crippen LogP) is 0.445. The highest BCUT2D eigenvalue weighted by Crippen LogP contribution is 1.98. The molecule has 0 saturated carbocycles. The number of hydrogen-bond donors (Lipinski definition) is 0. The Balaban J connectivity index is 3.13. The first-order valence-electron chi connectivity index (χ1n) is 3.24. The van der Waals surface area contributed by atoms with Gasteiger partial charge in [0.25, 0.3) is 0 Å². The fourth-order valence-corrected chi connectivity index (χ4v) is 0.715. The normalized spacial score (nSPS) is 8.00. The molecule has 0 amide bonds. The summed E-state index contributed by atoms with van der Waals surface area (Å²) in [6.07, 6.45) is 2.63. The molecule has 0 aromatic carbocycles. The van der Waals surface area contributed by atoms with E-state index in [-0.39, 0.29) is 0 Å². The van der Waals surface area contributed by atoms with Crippen molar-refractivity contribution in [3.05, 3.63) is 29.6 Å². The van der Waals surface area contributed by atoms with Crippen LogP contribution in [0, 0.1) is 11.8 Å². The molecule has 0 aliphatic heterocycles. The molecular weight excluding hydrogens is 154 g/mol. The maximum atomic E-state index is 10.4. The number of carbonyl (C=O) groups is 2. The zero-order valence-electron chi connectivity index (χ0n) is 6.15. The first-order valence-corrected chi connectivity index (χ1v) is 3.24. The van der Waals surface area contributed by atoms with E-state index in [1.165, 1.54) is 6.20 Å². The van der Waals surface area contributed by atoms with Gasteiger partial charge in [-0.25, -0.2) is 4.98 Å². The molecule has 0 aliphatic rings. The van der Waals surface area contributed by atoms with Gasteiger partial charge in [-0.1, -0.05) is 0 Å². The van der Waals surface area contributed by atoms with E-state index >= 15 is 0 Å². The lowest BCUT2D eigenvalue weighted by molar-refractivity contribution is -0.103. The SMILES string of the molecule is O=CC#Cc1ncccc1C=O. The van der Waals surface area contributed by atoms with Crippen molar-refractivity contribution < 1.29 is 9.59 Å². The maximum Gasteiger partial charge on any atom is 0.193 e. The molecule has 0 spiro atoms. The molecule has 0 bridgehead atoms. The number of hydrogen-bond acceptors (Lipinski definition) is 3. The Hall–Kier alpha value is -1.95. The van der Waals surface area contributed by atoms with Crippen LogP contribution >= 0.6 is 0 Å². The molecule has 58 valence electrons. The molecule has 0 atom stereocenters. The minimum atomic E-state index is 0.333. The van der Waals surface area contributed by atoms with Crippen molar-refractivity contribution in [3.8, 4) is 11.8 Å². The minimum absolute atomic E-state index is 0.333. The zero-order chi connectivity index (χ0) is 8.81. The lowest BCUT2D eigenvalue weighted by Crippen LogP contribution is -1.89. The number of aldehydes is 2. The van der Waals surface area contributed by atoms with Gasteiger partial charge in [0.05, 0.1) is 0 Å². The first kappa shape index (κ1) is 8.15. The molecule has 12 heavy (non-hydrogen) atoms. The highest BCUT2D eigenvalue weighted by molar-refractivity contribution is 5.80. The average Bonchev–Trinajstić information content (AvgIpc) is 2.15. The summed E-state index contributed by atoms with van der Waals surface area (Å²) in [5.74, 6) is 4.64. The van der Waals surface area contributed by atoms with Crippen molar-refractivity contribution >= 4 is 12.6 Å². The van der Waals surface area contributed by atoms with Crippen LogP contribution < -0.4 is 0 Å². The maximum absolute atomic E-state index is 10.4. The number of aromatic nitrogens is 1. The van der Waals surface area contributed by atoms with Crippen molar-refractivity contribution in [3.63, 3.8) is 0 Å². The Morgan fingerprint density at radius 3 is 2.92 bits per heavy atom. The third-order valence-corrected chi connectivity index (χ3v) is 1.22. The molecule has 0 saturated heterocycles. The molecule has 3 nitrogen and oxygen atoms in total. The molecule has 0 fully saturated rings. The van der Waals surface area contributed by atoms with Crippen LogP contribution in [0.25, 0.3) is 0 Å². The van der Waals surface area contributed by atoms with Crippen molar-refractivity contribution in [1.82, 2.24) is 4.98 Å². The van der Waals surface area contributed by atoms with E-state index in [0.717, 1.165) is 0 Å². The lowest BCUT2D eigenvalue weighted by atomic mass is 10.2. The third kappa shape index (κ3) is 1.77. The molecule has 0 unspecified atom stereocenters. The van der Waals surface area contributed by atoms with E-state index < -0.39 is 0 Å². The van der Waals surface area contributed by atoms with Crippen LogP contribution in [0.3, 0.4) is 0 Å². The van der Waals surface area contributed by atoms with Gasteiger partial charge in [-0.15, -0.1) is 0 Å². The molecule has 0 radical (unpaired) electrons. The summed E-state index contributed by atoms with van der Waals surface area (Å²) < 4.78 is 0. The number of nitrogens with zero attached hydrogens (tertiary/aromatic N) is 1. The van der Waals surface area contributed by atoms with Crippen molar-refractivity contribution in [2.75, 3.05) is 0 Å². The van der Waals surface area contributed by atoms with E-state index in [9.17, 15) is 9.59 Å². The van der Waals surface area contributed by atoms with Crippen LogP contribution in [-0.2, 0) is 4.79 Å². The van der Waals surface area contributed by atoms with Crippen LogP contribution in [0.5, 0.6) is 0 Å². The lowest BCUT2D eigenvalue weighted by Gasteiger charge is -1.91. The molecular formula is C9H5NO2. The van der Waals surface area contributed by atoms with Gasteiger partial charge >= 0.3 is 0 Å². The fourth-order valence-electron chi connectivity index (χ4n) is 0.715. The van der Waals surface area contributed by atoms with Gasteiger partial charge in [0.2, 0.25) is 0 Å². The monoisotopic (exact) mass is 159 g/mol. The largest absolute Gasteiger partial charge is 0.298 e. The molecule has 0 N–H and O–H groups in total. The van der Waals surface area contributed by atoms with Crippen LogP contribution in [0.4, 0.5) is 0 Å². The van der Waals surface area contributed by atoms with Gasteiger partial charge in [-0.2, -0.15) is 0 Å². The molecule has 1 aromatic heterocycles. The Kier molecular flexibility index (Phi) is 2.74. The van der Waals surface area contributed by atoms with Crippen molar-refractivity contribution in [2.24, 2.45) is 0 Å². The van der Waals surface area contributed by atoms with Crippen LogP contribution in [-0.4, -0.2) is 17.6 Å². The fraction of sp³-hybridized carbons (Fsp3) is 0. The van der Waals surface area contributed by atoms with Gasteiger partial charge in [0.15, 0.2) is 12.6 Å². The average molecular weight is 159 g/mol. The Morgan fingerprint density at radius 1 is 1.42 bits per heavy atom. The highest BCUT2D eigenvalue weighted by Gasteiger charge is 1.96. The molecule has 3 heteroatoms. The Labute approximate surface area is 69.4 Å². The van der Waals surface area contributed by atoms with Crippen molar-refractivity contribution in [1.29, 1.82) is 0 Å². The minimum Gasteiger partial charge on any atom is -0.298 e. The van der Waals surface area contributed by atoms with Gasteiger partial charge in [0, 0.05) is 11.8 Å². The second-order valence-corrected chi connectivity index (χ2v) is 1.95. The van der Waals surface area contributed by atoms with E-state index in [0.29, 0.717) is 23.8 Å². The summed E-state index contributed by atoms with van der Waals surface area (Å²) in [5.41, 5.74) is 0.728. The first-order chi connectivity index (χ1) is 5.88. The van der Waals surface area contributed by atoms with E-state index in [2.05, 4.69) is 16.8 Å². The van der Waals surface area contributed by atoms with Gasteiger partial charge < -0.3 is 0 Å². The van der Waals surface area contributed by atoms with Gasteiger partial charge in [0.1, 0.15) is 5.69 Å². The van der Waals surface area contributed by atoms with Gasteiger partial charge in [-0.05, 0) is 24.0 Å². The van der Waals surface area contributed by atoms with Crippen LogP contribution in [0.1, 0.15) is 16.1 Å². The second-order valence-electron chi connectivity index (χ2n) is 1.95. The predicted molar refractivity (Wildman–Crippen MR) is 42.6 cm³/mol. The molecule has 1 rings (SSSR count). The Bertz CT molecular complexity index is 360. The summed E-state index contributed by atoms with van der Waals surface area (Å²) in [4.78, 5) is 24.1. The van der Waals surface area contributed by atoms with Crippen LogP contribution in [0.15, 0.2) is 18.3 Å². The number of pyridine rings is 1. The molecule has 1 aromatic rings. The molecule has 1 heterocycles. The van der Waals surface area contributed by atoms with Gasteiger partial charge in [-0.3, -0.25) is 9.59 Å². The van der Waals surface area contributed by atoms with Crippen LogP contribution in [0.2, 0.25) is 0 Å². The van der Waals surface area contributed by atoms with E-state index in [1.807, 2.05) is 0 Å². The standard InChI is InChI=1S/C9H5NO2/c11-6-2-4-9-8(7-12)3-1-5-10-9/h1,3,5-7H.